The molecule has 3 aromatic heterocycles. The minimum absolute atomic E-state index is 0.914. The van der Waals surface area contributed by atoms with Crippen LogP contribution in [0.4, 0.5) is 0 Å². The van der Waals surface area contributed by atoms with Gasteiger partial charge in [-0.3, -0.25) is 4.57 Å². The molecule has 0 N–H and O–H groups in total. The largest absolute Gasteiger partial charge is 0.292 e. The van der Waals surface area contributed by atoms with Crippen molar-refractivity contribution in [3.8, 4) is 50.3 Å². The molecule has 13 rings (SSSR count). The van der Waals surface area contributed by atoms with Gasteiger partial charge in [0.15, 0.2) is 13.9 Å². The Bertz CT molecular complexity index is 3660. The maximum atomic E-state index is 5.08. The predicted molar refractivity (Wildman–Crippen MR) is 268 cm³/mol. The molecule has 0 bridgehead atoms. The smallest absolute Gasteiger partial charge is 0.179 e. The summed E-state index contributed by atoms with van der Waals surface area (Å²) in [5.74, 6) is 0.914. The summed E-state index contributed by atoms with van der Waals surface area (Å²) in [6.45, 7) is 0. The lowest BCUT2D eigenvalue weighted by Crippen LogP contribution is -2.74. The highest BCUT2D eigenvalue weighted by atomic mass is 32.1. The molecular weight excluding hydrogens is 799 g/mol. The molecule has 0 fully saturated rings. The number of hydrogen-bond donors (Lipinski definition) is 0. The molecule has 0 radical (unpaired) electrons. The molecule has 3 nitrogen and oxygen atoms in total. The molecule has 1 aliphatic rings. The monoisotopic (exact) mass is 835 g/mol. The van der Waals surface area contributed by atoms with Crippen LogP contribution in [0.2, 0.25) is 0 Å². The minimum atomic E-state index is -3.03. The molecule has 9 aromatic carbocycles. The molecular formula is C58H37N3SSi. The van der Waals surface area contributed by atoms with Crippen LogP contribution in [0.25, 0.3) is 92.4 Å². The van der Waals surface area contributed by atoms with Gasteiger partial charge in [-0.2, -0.15) is 0 Å². The lowest BCUT2D eigenvalue weighted by atomic mass is 9.81. The van der Waals surface area contributed by atoms with Crippen molar-refractivity contribution in [3.05, 3.63) is 225 Å². The van der Waals surface area contributed by atoms with Gasteiger partial charge in [-0.25, -0.2) is 9.97 Å². The highest BCUT2D eigenvalue weighted by molar-refractivity contribution is 7.26. The first-order valence-electron chi connectivity index (χ1n) is 21.5. The molecule has 63 heavy (non-hydrogen) atoms. The summed E-state index contributed by atoms with van der Waals surface area (Å²) >= 11 is 1.78. The van der Waals surface area contributed by atoms with Gasteiger partial charge in [0.2, 0.25) is 0 Å². The first-order chi connectivity index (χ1) is 31.3. The summed E-state index contributed by atoms with van der Waals surface area (Å²) in [6.07, 6.45) is 1.75. The van der Waals surface area contributed by atoms with Crippen LogP contribution in [0.15, 0.2) is 225 Å². The summed E-state index contributed by atoms with van der Waals surface area (Å²) in [4.78, 5) is 10.1. The highest BCUT2D eigenvalue weighted by Gasteiger charge is 2.42. The zero-order chi connectivity index (χ0) is 41.5. The van der Waals surface area contributed by atoms with E-state index in [2.05, 4.69) is 223 Å². The van der Waals surface area contributed by atoms with Crippen LogP contribution < -0.4 is 20.7 Å². The van der Waals surface area contributed by atoms with Gasteiger partial charge in [-0.1, -0.05) is 200 Å². The van der Waals surface area contributed by atoms with Crippen LogP contribution in [0.5, 0.6) is 0 Å². The van der Waals surface area contributed by atoms with Crippen LogP contribution in [0, 0.1) is 0 Å². The van der Waals surface area contributed by atoms with Gasteiger partial charge < -0.3 is 0 Å². The van der Waals surface area contributed by atoms with E-state index in [-0.39, 0.29) is 0 Å². The Morgan fingerprint density at radius 2 is 0.794 bits per heavy atom. The molecule has 0 unspecified atom stereocenters. The lowest BCUT2D eigenvalue weighted by molar-refractivity contribution is 1.08. The van der Waals surface area contributed by atoms with E-state index < -0.39 is 8.07 Å². The van der Waals surface area contributed by atoms with Gasteiger partial charge in [-0.05, 0) is 83.5 Å². The van der Waals surface area contributed by atoms with Gasteiger partial charge in [0, 0.05) is 20.9 Å². The SMILES string of the molecule is c1ccc([Si](c2ccccc2)(c2ccc3c(c2)-c2ccccc2-c2ccccc2-c2ccccc2-3)c2ccc3sc4c(-n5c6ccccc6c6ccccc65)ncnc4c3c2)cc1. The van der Waals surface area contributed by atoms with E-state index in [0.29, 0.717) is 0 Å². The Balaban J connectivity index is 1.10. The molecule has 1 aliphatic carbocycles. The molecule has 12 aromatic rings. The number of benzene rings is 9. The molecule has 3 heterocycles. The summed E-state index contributed by atoms with van der Waals surface area (Å²) in [5.41, 5.74) is 13.3. The first-order valence-corrected chi connectivity index (χ1v) is 24.3. The summed E-state index contributed by atoms with van der Waals surface area (Å²) in [5, 5.41) is 8.91. The molecule has 0 saturated heterocycles. The van der Waals surface area contributed by atoms with E-state index in [4.69, 9.17) is 9.97 Å². The minimum Gasteiger partial charge on any atom is -0.292 e. The summed E-state index contributed by atoms with van der Waals surface area (Å²) in [6, 6.07) is 81.2. The topological polar surface area (TPSA) is 30.7 Å². The molecule has 0 saturated carbocycles. The number of nitrogens with zero attached hydrogens (tertiary/aromatic N) is 3. The number of hydrogen-bond acceptors (Lipinski definition) is 3. The van der Waals surface area contributed by atoms with Crippen LogP contribution >= 0.6 is 11.3 Å². The zero-order valence-electron chi connectivity index (χ0n) is 34.1. The maximum Gasteiger partial charge on any atom is 0.179 e. The first kappa shape index (κ1) is 36.0. The van der Waals surface area contributed by atoms with E-state index >= 15 is 0 Å². The number of thiophene rings is 1. The van der Waals surface area contributed by atoms with Crippen LogP contribution in [-0.4, -0.2) is 22.6 Å². The second kappa shape index (κ2) is 14.2. The average Bonchev–Trinajstić information content (AvgIpc) is 3.90. The van der Waals surface area contributed by atoms with Crippen molar-refractivity contribution in [1.29, 1.82) is 0 Å². The van der Waals surface area contributed by atoms with Crippen LogP contribution in [0.3, 0.4) is 0 Å². The normalized spacial score (nSPS) is 12.1. The summed E-state index contributed by atoms with van der Waals surface area (Å²) < 4.78 is 4.60. The Kier molecular flexibility index (Phi) is 8.10. The maximum absolute atomic E-state index is 5.08. The van der Waals surface area contributed by atoms with Crippen LogP contribution in [0.1, 0.15) is 0 Å². The lowest BCUT2D eigenvalue weighted by Gasteiger charge is -2.35. The van der Waals surface area contributed by atoms with Crippen molar-refractivity contribution in [1.82, 2.24) is 14.5 Å². The second-order valence-electron chi connectivity index (χ2n) is 16.4. The quantitative estimate of drug-likeness (QED) is 0.128. The third-order valence-corrected chi connectivity index (χ3v) is 19.2. The number of fused-ring (bicyclic) bond motifs is 14. The molecule has 5 heteroatoms. The highest BCUT2D eigenvalue weighted by Crippen LogP contribution is 2.47. The summed E-state index contributed by atoms with van der Waals surface area (Å²) in [7, 11) is -3.03. The number of aromatic nitrogens is 3. The fourth-order valence-electron chi connectivity index (χ4n) is 10.6. The number of para-hydroxylation sites is 2. The molecule has 294 valence electrons. The molecule has 0 amide bonds. The van der Waals surface area contributed by atoms with E-state index in [0.717, 1.165) is 32.5 Å². The van der Waals surface area contributed by atoms with Gasteiger partial charge in [0.25, 0.3) is 0 Å². The van der Waals surface area contributed by atoms with Gasteiger partial charge >= 0.3 is 0 Å². The van der Waals surface area contributed by atoms with E-state index in [1.165, 1.54) is 80.7 Å². The van der Waals surface area contributed by atoms with Crippen molar-refractivity contribution < 1.29 is 0 Å². The number of rotatable bonds is 5. The standard InChI is InChI=1S/C58H37N3SSi/c1-3-17-38(18-4-1)63(39-19-5-2-6-20-39,40-31-33-48-46-25-10-9-23-44(46)42-21-7-8-22-43(42)45-24-11-12-26-47(45)51(48)35-40)41-32-34-55-52(36-41)56-57(62-55)58(60-37-59-56)61-53-29-15-13-27-49(53)50-28-14-16-30-54(50)61/h1-37H. The van der Waals surface area contributed by atoms with Crippen molar-refractivity contribution in [2.24, 2.45) is 0 Å². The van der Waals surface area contributed by atoms with Gasteiger partial charge in [-0.15, -0.1) is 11.3 Å². The van der Waals surface area contributed by atoms with Gasteiger partial charge in [0.1, 0.15) is 6.33 Å². The fourth-order valence-corrected chi connectivity index (χ4v) is 16.5. The Morgan fingerprint density at radius 1 is 0.349 bits per heavy atom. The van der Waals surface area contributed by atoms with Crippen molar-refractivity contribution in [2.45, 2.75) is 0 Å². The fraction of sp³-hybridized carbons (Fsp3) is 0. The molecule has 0 aliphatic heterocycles. The van der Waals surface area contributed by atoms with Gasteiger partial charge in [0.05, 0.1) is 21.3 Å². The molecule has 0 spiro atoms. The van der Waals surface area contributed by atoms with E-state index in [1.54, 1.807) is 17.7 Å². The Labute approximate surface area is 369 Å². The average molecular weight is 836 g/mol. The van der Waals surface area contributed by atoms with Crippen molar-refractivity contribution in [2.75, 3.05) is 0 Å². The second-order valence-corrected chi connectivity index (χ2v) is 21.3. The third-order valence-electron chi connectivity index (χ3n) is 13.3. The Morgan fingerprint density at radius 3 is 1.35 bits per heavy atom. The van der Waals surface area contributed by atoms with E-state index in [1.807, 2.05) is 0 Å². The van der Waals surface area contributed by atoms with E-state index in [9.17, 15) is 0 Å². The third kappa shape index (κ3) is 5.31. The Hall–Kier alpha value is -7.70. The zero-order valence-corrected chi connectivity index (χ0v) is 35.9. The van der Waals surface area contributed by atoms with Crippen molar-refractivity contribution in [3.63, 3.8) is 0 Å². The van der Waals surface area contributed by atoms with Crippen LogP contribution in [-0.2, 0) is 0 Å². The predicted octanol–water partition coefficient (Wildman–Crippen LogP) is 12.3. The van der Waals surface area contributed by atoms with Crippen molar-refractivity contribution >= 4 is 82.3 Å². The molecule has 0 atom stereocenters.